The number of aromatic nitrogens is 1. The fourth-order valence-corrected chi connectivity index (χ4v) is 2.38. The molecule has 0 bridgehead atoms. The Balaban J connectivity index is 2.71. The highest BCUT2D eigenvalue weighted by atomic mass is 79.9. The molecule has 0 aliphatic carbocycles. The molecule has 0 aliphatic rings. The Labute approximate surface area is 95.2 Å². The summed E-state index contributed by atoms with van der Waals surface area (Å²) in [6.45, 7) is 1.89. The van der Waals surface area contributed by atoms with Crippen LogP contribution in [0.5, 0.6) is 0 Å². The molecule has 0 aliphatic heterocycles. The van der Waals surface area contributed by atoms with Crippen LogP contribution in [0.2, 0.25) is 0 Å². The molecule has 2 rings (SSSR count). The van der Waals surface area contributed by atoms with Crippen molar-refractivity contribution in [2.45, 2.75) is 13.3 Å². The van der Waals surface area contributed by atoms with Crippen molar-refractivity contribution in [2.75, 3.05) is 0 Å². The van der Waals surface area contributed by atoms with Gasteiger partial charge in [-0.3, -0.25) is 4.79 Å². The molecule has 4 heteroatoms. The predicted octanol–water partition coefficient (Wildman–Crippen LogP) is 2.87. The van der Waals surface area contributed by atoms with Crippen molar-refractivity contribution in [1.82, 2.24) is 4.98 Å². The molecule has 2 aromatic rings. The number of aliphatic carboxylic acids is 1. The van der Waals surface area contributed by atoms with Crippen LogP contribution in [0.25, 0.3) is 10.9 Å². The number of carbonyl (C=O) groups is 1. The second-order valence-electron chi connectivity index (χ2n) is 3.46. The summed E-state index contributed by atoms with van der Waals surface area (Å²) in [6.07, 6.45) is 0.0500. The van der Waals surface area contributed by atoms with Crippen molar-refractivity contribution in [3.05, 3.63) is 33.9 Å². The molecule has 2 N–H and O–H groups in total. The number of carboxylic acids is 1. The lowest BCUT2D eigenvalue weighted by Crippen LogP contribution is -2.00. The van der Waals surface area contributed by atoms with E-state index in [0.29, 0.717) is 0 Å². The van der Waals surface area contributed by atoms with Gasteiger partial charge in [-0.25, -0.2) is 0 Å². The molecule has 0 unspecified atom stereocenters. The molecule has 0 saturated carbocycles. The Morgan fingerprint density at radius 1 is 1.53 bits per heavy atom. The fourth-order valence-electron chi connectivity index (χ4n) is 1.77. The second-order valence-corrected chi connectivity index (χ2v) is 4.32. The first-order chi connectivity index (χ1) is 7.09. The summed E-state index contributed by atoms with van der Waals surface area (Å²) < 4.78 is 0.931. The third-order valence-electron chi connectivity index (χ3n) is 2.42. The maximum atomic E-state index is 10.7. The summed E-state index contributed by atoms with van der Waals surface area (Å²) in [5.41, 5.74) is 2.74. The predicted molar refractivity (Wildman–Crippen MR) is 62.1 cm³/mol. The SMILES string of the molecule is Cc1[nH]c2cccc(Br)c2c1CC(=O)O. The number of carboxylic acid groups (broad SMARTS) is 1. The van der Waals surface area contributed by atoms with E-state index >= 15 is 0 Å². The summed E-state index contributed by atoms with van der Waals surface area (Å²) in [6, 6.07) is 5.78. The van der Waals surface area contributed by atoms with Crippen molar-refractivity contribution >= 4 is 32.8 Å². The minimum atomic E-state index is -0.810. The van der Waals surface area contributed by atoms with Gasteiger partial charge >= 0.3 is 5.97 Å². The van der Waals surface area contributed by atoms with Crippen molar-refractivity contribution in [2.24, 2.45) is 0 Å². The minimum Gasteiger partial charge on any atom is -0.481 e. The zero-order valence-corrected chi connectivity index (χ0v) is 9.76. The number of rotatable bonds is 2. The first-order valence-electron chi connectivity index (χ1n) is 4.57. The van der Waals surface area contributed by atoms with Crippen molar-refractivity contribution < 1.29 is 9.90 Å². The van der Waals surface area contributed by atoms with E-state index in [9.17, 15) is 4.79 Å². The van der Waals surface area contributed by atoms with E-state index in [1.54, 1.807) is 0 Å². The molecule has 78 valence electrons. The normalized spacial score (nSPS) is 10.8. The van der Waals surface area contributed by atoms with Crippen LogP contribution in [0.1, 0.15) is 11.3 Å². The van der Waals surface area contributed by atoms with E-state index in [0.717, 1.165) is 26.6 Å². The van der Waals surface area contributed by atoms with Gasteiger partial charge in [0.1, 0.15) is 0 Å². The first kappa shape index (κ1) is 10.2. The van der Waals surface area contributed by atoms with Crippen molar-refractivity contribution in [3.63, 3.8) is 0 Å². The number of hydrogen-bond donors (Lipinski definition) is 2. The maximum absolute atomic E-state index is 10.7. The van der Waals surface area contributed by atoms with Crippen LogP contribution in [-0.2, 0) is 11.2 Å². The average Bonchev–Trinajstić information content (AvgIpc) is 2.43. The van der Waals surface area contributed by atoms with Gasteiger partial charge in [-0.15, -0.1) is 0 Å². The molecule has 0 atom stereocenters. The number of fused-ring (bicyclic) bond motifs is 1. The lowest BCUT2D eigenvalue weighted by molar-refractivity contribution is -0.136. The van der Waals surface area contributed by atoms with E-state index < -0.39 is 5.97 Å². The van der Waals surface area contributed by atoms with Gasteiger partial charge in [0.25, 0.3) is 0 Å². The number of hydrogen-bond acceptors (Lipinski definition) is 1. The number of benzene rings is 1. The molecular weight excluding hydrogens is 258 g/mol. The highest BCUT2D eigenvalue weighted by molar-refractivity contribution is 9.10. The topological polar surface area (TPSA) is 53.1 Å². The molecule has 0 saturated heterocycles. The third kappa shape index (κ3) is 1.77. The molecule has 1 heterocycles. The molecule has 0 fully saturated rings. The maximum Gasteiger partial charge on any atom is 0.307 e. The third-order valence-corrected chi connectivity index (χ3v) is 3.08. The van der Waals surface area contributed by atoms with Gasteiger partial charge in [-0.1, -0.05) is 22.0 Å². The molecule has 3 nitrogen and oxygen atoms in total. The van der Waals surface area contributed by atoms with Crippen LogP contribution < -0.4 is 0 Å². The van der Waals surface area contributed by atoms with E-state index in [1.165, 1.54) is 0 Å². The summed E-state index contributed by atoms with van der Waals surface area (Å²) in [5, 5.41) is 9.80. The van der Waals surface area contributed by atoms with Crippen molar-refractivity contribution in [1.29, 1.82) is 0 Å². The van der Waals surface area contributed by atoms with Gasteiger partial charge in [0.2, 0.25) is 0 Å². The lowest BCUT2D eigenvalue weighted by Gasteiger charge is -1.98. The van der Waals surface area contributed by atoms with Gasteiger partial charge in [-0.05, 0) is 24.6 Å². The molecule has 1 aromatic heterocycles. The van der Waals surface area contributed by atoms with Crippen LogP contribution in [-0.4, -0.2) is 16.1 Å². The molecule has 0 spiro atoms. The monoisotopic (exact) mass is 267 g/mol. The average molecular weight is 268 g/mol. The van der Waals surface area contributed by atoms with Crippen LogP contribution in [0.4, 0.5) is 0 Å². The van der Waals surface area contributed by atoms with Crippen LogP contribution in [0.15, 0.2) is 22.7 Å². The summed E-state index contributed by atoms with van der Waals surface area (Å²) in [7, 11) is 0. The van der Waals surface area contributed by atoms with Gasteiger partial charge in [0, 0.05) is 21.1 Å². The lowest BCUT2D eigenvalue weighted by atomic mass is 10.1. The quantitative estimate of drug-likeness (QED) is 0.879. The fraction of sp³-hybridized carbons (Fsp3) is 0.182. The molecule has 15 heavy (non-hydrogen) atoms. The van der Waals surface area contributed by atoms with Crippen LogP contribution >= 0.6 is 15.9 Å². The Hall–Kier alpha value is -1.29. The van der Waals surface area contributed by atoms with E-state index in [2.05, 4.69) is 20.9 Å². The largest absolute Gasteiger partial charge is 0.481 e. The Morgan fingerprint density at radius 3 is 2.93 bits per heavy atom. The highest BCUT2D eigenvalue weighted by Crippen LogP contribution is 2.29. The van der Waals surface area contributed by atoms with Crippen molar-refractivity contribution in [3.8, 4) is 0 Å². The van der Waals surface area contributed by atoms with Gasteiger partial charge in [0.05, 0.1) is 6.42 Å². The zero-order chi connectivity index (χ0) is 11.0. The van der Waals surface area contributed by atoms with Crippen LogP contribution in [0, 0.1) is 6.92 Å². The van der Waals surface area contributed by atoms with Gasteiger partial charge in [-0.2, -0.15) is 0 Å². The zero-order valence-electron chi connectivity index (χ0n) is 8.17. The second kappa shape index (κ2) is 3.70. The van der Waals surface area contributed by atoms with E-state index in [4.69, 9.17) is 5.11 Å². The van der Waals surface area contributed by atoms with Crippen LogP contribution in [0.3, 0.4) is 0 Å². The minimum absolute atomic E-state index is 0.0500. The summed E-state index contributed by atoms with van der Waals surface area (Å²) >= 11 is 3.44. The van der Waals surface area contributed by atoms with Gasteiger partial charge < -0.3 is 10.1 Å². The molecule has 0 radical (unpaired) electrons. The summed E-state index contributed by atoms with van der Waals surface area (Å²) in [5.74, 6) is -0.810. The Morgan fingerprint density at radius 2 is 2.27 bits per heavy atom. The Kier molecular flexibility index (Phi) is 2.52. The number of H-pyrrole nitrogens is 1. The summed E-state index contributed by atoms with van der Waals surface area (Å²) in [4.78, 5) is 13.9. The highest BCUT2D eigenvalue weighted by Gasteiger charge is 2.13. The first-order valence-corrected chi connectivity index (χ1v) is 5.36. The number of halogens is 1. The molecule has 0 amide bonds. The smallest absolute Gasteiger partial charge is 0.307 e. The molecular formula is C11H10BrNO2. The Bertz CT molecular complexity index is 531. The van der Waals surface area contributed by atoms with E-state index in [-0.39, 0.29) is 6.42 Å². The number of nitrogens with one attached hydrogen (secondary N) is 1. The van der Waals surface area contributed by atoms with E-state index in [1.807, 2.05) is 25.1 Å². The number of aryl methyl sites for hydroxylation is 1. The number of aromatic amines is 1. The van der Waals surface area contributed by atoms with Gasteiger partial charge in [0.15, 0.2) is 0 Å². The standard InChI is InChI=1S/C11H10BrNO2/c1-6-7(5-10(14)15)11-8(12)3-2-4-9(11)13-6/h2-4,13H,5H2,1H3,(H,14,15). The molecule has 1 aromatic carbocycles.